The number of nitrogens with two attached hydrogens (primary N) is 2. The van der Waals surface area contributed by atoms with Gasteiger partial charge in [0.1, 0.15) is 0 Å². The maximum absolute atomic E-state index is 5.84. The number of anilines is 2. The van der Waals surface area contributed by atoms with Crippen LogP contribution in [-0.2, 0) is 0 Å². The van der Waals surface area contributed by atoms with Crippen LogP contribution in [0.5, 0.6) is 0 Å². The molecule has 0 radical (unpaired) electrons. The fourth-order valence-corrected chi connectivity index (χ4v) is 1.50. The molecule has 0 saturated heterocycles. The van der Waals surface area contributed by atoms with E-state index in [1.807, 2.05) is 60.7 Å². The average Bonchev–Trinajstić information content (AvgIpc) is 2.30. The molecule has 0 saturated carbocycles. The van der Waals surface area contributed by atoms with E-state index in [2.05, 4.69) is 0 Å². The zero-order valence-electron chi connectivity index (χ0n) is 8.93. The van der Waals surface area contributed by atoms with E-state index in [9.17, 15) is 0 Å². The molecule has 2 aromatic rings. The van der Waals surface area contributed by atoms with Crippen molar-refractivity contribution in [1.82, 2.24) is 0 Å². The van der Waals surface area contributed by atoms with Gasteiger partial charge in [-0.05, 0) is 23.3 Å². The third-order valence-corrected chi connectivity index (χ3v) is 2.43. The van der Waals surface area contributed by atoms with Crippen LogP contribution in [0.4, 0.5) is 11.4 Å². The van der Waals surface area contributed by atoms with Gasteiger partial charge in [-0.2, -0.15) is 0 Å². The van der Waals surface area contributed by atoms with E-state index < -0.39 is 0 Å². The molecule has 0 fully saturated rings. The van der Waals surface area contributed by atoms with Crippen LogP contribution in [0.1, 0.15) is 11.1 Å². The topological polar surface area (TPSA) is 52.0 Å². The molecule has 0 aromatic heterocycles. The first-order chi connectivity index (χ1) is 7.77. The van der Waals surface area contributed by atoms with E-state index in [-0.39, 0.29) is 59.1 Å². The summed E-state index contributed by atoms with van der Waals surface area (Å²) in [5.74, 6) is 0. The first-order valence-corrected chi connectivity index (χ1v) is 5.14. The summed E-state index contributed by atoms with van der Waals surface area (Å²) >= 11 is 0. The number of para-hydroxylation sites is 2. The third-order valence-electron chi connectivity index (χ3n) is 2.43. The van der Waals surface area contributed by atoms with Crippen LogP contribution in [0.15, 0.2) is 48.5 Å². The van der Waals surface area contributed by atoms with Crippen LogP contribution < -0.4 is 11.5 Å². The van der Waals surface area contributed by atoms with E-state index in [4.69, 9.17) is 11.5 Å². The minimum absolute atomic E-state index is 0. The summed E-state index contributed by atoms with van der Waals surface area (Å²) < 4.78 is 0. The molecule has 2 rings (SSSR count). The van der Waals surface area contributed by atoms with Crippen molar-refractivity contribution in [2.45, 2.75) is 0 Å². The Morgan fingerprint density at radius 1 is 0.611 bits per heavy atom. The van der Waals surface area contributed by atoms with Crippen molar-refractivity contribution in [2.24, 2.45) is 0 Å². The van der Waals surface area contributed by atoms with Gasteiger partial charge in [-0.25, -0.2) is 0 Å². The molecule has 0 aliphatic carbocycles. The van der Waals surface area contributed by atoms with Crippen molar-refractivity contribution in [3.05, 3.63) is 59.7 Å². The van der Waals surface area contributed by atoms with Gasteiger partial charge in [0.25, 0.3) is 0 Å². The zero-order valence-corrected chi connectivity index (χ0v) is 8.93. The first kappa shape index (κ1) is 17.8. The van der Waals surface area contributed by atoms with Crippen LogP contribution in [0.2, 0.25) is 0 Å². The van der Waals surface area contributed by atoms with Crippen molar-refractivity contribution in [3.8, 4) is 0 Å². The SMILES string of the molecule is Nc1ccccc1/C=C/c1ccccc1N.[NaH].[NaH]. The van der Waals surface area contributed by atoms with Crippen molar-refractivity contribution < 1.29 is 0 Å². The Kier molecular flexibility index (Phi) is 8.70. The molecule has 0 amide bonds. The molecule has 0 atom stereocenters. The van der Waals surface area contributed by atoms with E-state index >= 15 is 0 Å². The Bertz CT molecular complexity index is 477. The van der Waals surface area contributed by atoms with Crippen LogP contribution in [0.3, 0.4) is 0 Å². The number of nitrogen functional groups attached to an aromatic ring is 2. The van der Waals surface area contributed by atoms with Crippen molar-refractivity contribution in [3.63, 3.8) is 0 Å². The molecule has 0 unspecified atom stereocenters. The molecule has 2 aromatic carbocycles. The molecule has 2 nitrogen and oxygen atoms in total. The zero-order chi connectivity index (χ0) is 11.4. The second kappa shape index (κ2) is 8.81. The van der Waals surface area contributed by atoms with E-state index in [0.29, 0.717) is 0 Å². The number of hydrogen-bond acceptors (Lipinski definition) is 2. The minimum atomic E-state index is 0. The molecule has 0 heterocycles. The molecular formula is C14H16N2Na2. The molecule has 0 aliphatic rings. The van der Waals surface area contributed by atoms with Crippen LogP contribution >= 0.6 is 0 Å². The molecular weight excluding hydrogens is 242 g/mol. The normalized spacial score (nSPS) is 9.56. The Hall–Kier alpha value is -0.220. The van der Waals surface area contributed by atoms with Crippen LogP contribution in [0.25, 0.3) is 12.2 Å². The molecule has 84 valence electrons. The monoisotopic (exact) mass is 258 g/mol. The van der Waals surface area contributed by atoms with Gasteiger partial charge in [0.2, 0.25) is 0 Å². The second-order valence-electron chi connectivity index (χ2n) is 3.59. The van der Waals surface area contributed by atoms with Crippen molar-refractivity contribution >= 4 is 82.6 Å². The average molecular weight is 258 g/mol. The van der Waals surface area contributed by atoms with Gasteiger partial charge in [-0.1, -0.05) is 48.6 Å². The molecule has 0 aliphatic heterocycles. The van der Waals surface area contributed by atoms with Gasteiger partial charge >= 0.3 is 59.1 Å². The van der Waals surface area contributed by atoms with Gasteiger partial charge < -0.3 is 11.5 Å². The van der Waals surface area contributed by atoms with Crippen LogP contribution in [0, 0.1) is 0 Å². The van der Waals surface area contributed by atoms with Gasteiger partial charge in [-0.3, -0.25) is 0 Å². The fraction of sp³-hybridized carbons (Fsp3) is 0. The third kappa shape index (κ3) is 4.81. The van der Waals surface area contributed by atoms with E-state index in [0.717, 1.165) is 22.5 Å². The summed E-state index contributed by atoms with van der Waals surface area (Å²) in [6, 6.07) is 15.5. The van der Waals surface area contributed by atoms with Gasteiger partial charge in [0, 0.05) is 11.4 Å². The first-order valence-electron chi connectivity index (χ1n) is 5.14. The Morgan fingerprint density at radius 3 is 1.28 bits per heavy atom. The van der Waals surface area contributed by atoms with Crippen molar-refractivity contribution in [1.29, 1.82) is 0 Å². The predicted molar refractivity (Wildman–Crippen MR) is 84.9 cm³/mol. The number of hydrogen-bond donors (Lipinski definition) is 2. The summed E-state index contributed by atoms with van der Waals surface area (Å²) in [5.41, 5.74) is 15.2. The Morgan fingerprint density at radius 2 is 0.944 bits per heavy atom. The van der Waals surface area contributed by atoms with Crippen molar-refractivity contribution in [2.75, 3.05) is 11.5 Å². The van der Waals surface area contributed by atoms with Gasteiger partial charge in [0.15, 0.2) is 0 Å². The summed E-state index contributed by atoms with van der Waals surface area (Å²) in [7, 11) is 0. The van der Waals surface area contributed by atoms with Crippen LogP contribution in [-0.4, -0.2) is 59.1 Å². The fourth-order valence-electron chi connectivity index (χ4n) is 1.50. The Balaban J connectivity index is 0.00000144. The maximum atomic E-state index is 5.84. The molecule has 4 heteroatoms. The summed E-state index contributed by atoms with van der Waals surface area (Å²) in [6.45, 7) is 0. The Labute approximate surface area is 152 Å². The van der Waals surface area contributed by atoms with Gasteiger partial charge in [0.05, 0.1) is 0 Å². The standard InChI is InChI=1S/C14H14N2.2Na.2H/c15-13-7-3-1-5-11(13)9-10-12-6-2-4-8-14(12)16;;;;/h1-10H,15-16H2;;;;/b10-9+;;;;. The predicted octanol–water partition coefficient (Wildman–Crippen LogP) is 1.72. The summed E-state index contributed by atoms with van der Waals surface area (Å²) in [6.07, 6.45) is 3.95. The van der Waals surface area contributed by atoms with E-state index in [1.165, 1.54) is 0 Å². The number of benzene rings is 2. The van der Waals surface area contributed by atoms with E-state index in [1.54, 1.807) is 0 Å². The summed E-state index contributed by atoms with van der Waals surface area (Å²) in [4.78, 5) is 0. The molecule has 0 bridgehead atoms. The molecule has 4 N–H and O–H groups in total. The molecule has 0 spiro atoms. The summed E-state index contributed by atoms with van der Waals surface area (Å²) in [5, 5.41) is 0. The molecule has 18 heavy (non-hydrogen) atoms. The second-order valence-corrected chi connectivity index (χ2v) is 3.59. The van der Waals surface area contributed by atoms with Gasteiger partial charge in [-0.15, -0.1) is 0 Å². The quantitative estimate of drug-likeness (QED) is 0.489. The number of rotatable bonds is 2.